The molecule has 0 saturated heterocycles. The lowest BCUT2D eigenvalue weighted by atomic mass is 10.1. The average Bonchev–Trinajstić information content (AvgIpc) is 2.68. The quantitative estimate of drug-likeness (QED) is 0.824. The van der Waals surface area contributed by atoms with Gasteiger partial charge in [0, 0.05) is 31.0 Å². The lowest BCUT2D eigenvalue weighted by Gasteiger charge is -2.10. The van der Waals surface area contributed by atoms with E-state index in [-0.39, 0.29) is 0 Å². The molecule has 4 nitrogen and oxygen atoms in total. The van der Waals surface area contributed by atoms with Gasteiger partial charge in [-0.3, -0.25) is 4.68 Å². The van der Waals surface area contributed by atoms with Crippen molar-refractivity contribution in [1.82, 2.24) is 9.78 Å². The standard InChI is InChI=1S/C12H15ClN4/c1-8-3-11(14)10(13)4-12(8)15-5-9-6-16-17(2)7-9/h3-4,6-7,15H,5,14H2,1-2H3. The minimum Gasteiger partial charge on any atom is -0.398 e. The van der Waals surface area contributed by atoms with Crippen LogP contribution in [0.1, 0.15) is 11.1 Å². The Labute approximate surface area is 105 Å². The molecule has 0 atom stereocenters. The molecule has 0 fully saturated rings. The Morgan fingerprint density at radius 2 is 2.24 bits per heavy atom. The van der Waals surface area contributed by atoms with Crippen molar-refractivity contribution < 1.29 is 0 Å². The molecule has 1 aromatic carbocycles. The van der Waals surface area contributed by atoms with Gasteiger partial charge in [0.25, 0.3) is 0 Å². The first kappa shape index (κ1) is 11.8. The maximum Gasteiger partial charge on any atom is 0.0656 e. The Bertz CT molecular complexity index is 533. The number of hydrogen-bond donors (Lipinski definition) is 2. The van der Waals surface area contributed by atoms with Crippen molar-refractivity contribution in [3.63, 3.8) is 0 Å². The Morgan fingerprint density at radius 1 is 1.47 bits per heavy atom. The number of halogens is 1. The third-order valence-corrected chi connectivity index (χ3v) is 2.91. The third kappa shape index (κ3) is 2.71. The summed E-state index contributed by atoms with van der Waals surface area (Å²) in [7, 11) is 1.90. The topological polar surface area (TPSA) is 55.9 Å². The number of nitrogens with two attached hydrogens (primary N) is 1. The Balaban J connectivity index is 2.11. The Kier molecular flexibility index (Phi) is 3.24. The summed E-state index contributed by atoms with van der Waals surface area (Å²) in [6.45, 7) is 2.72. The molecule has 2 rings (SSSR count). The number of nitrogens with one attached hydrogen (secondary N) is 1. The van der Waals surface area contributed by atoms with Gasteiger partial charge in [0.15, 0.2) is 0 Å². The van der Waals surface area contributed by atoms with E-state index in [4.69, 9.17) is 17.3 Å². The lowest BCUT2D eigenvalue weighted by Crippen LogP contribution is -2.01. The summed E-state index contributed by atoms with van der Waals surface area (Å²) < 4.78 is 1.78. The summed E-state index contributed by atoms with van der Waals surface area (Å²) in [6.07, 6.45) is 3.81. The number of rotatable bonds is 3. The van der Waals surface area contributed by atoms with Crippen molar-refractivity contribution >= 4 is 23.0 Å². The molecule has 17 heavy (non-hydrogen) atoms. The van der Waals surface area contributed by atoms with Crippen LogP contribution in [0, 0.1) is 6.92 Å². The van der Waals surface area contributed by atoms with Crippen LogP contribution in [0.5, 0.6) is 0 Å². The maximum atomic E-state index is 5.99. The van der Waals surface area contributed by atoms with Gasteiger partial charge < -0.3 is 11.1 Å². The van der Waals surface area contributed by atoms with Gasteiger partial charge >= 0.3 is 0 Å². The molecule has 2 aromatic rings. The Hall–Kier alpha value is -1.68. The van der Waals surface area contributed by atoms with Gasteiger partial charge in [0.2, 0.25) is 0 Å². The van der Waals surface area contributed by atoms with Gasteiger partial charge in [-0.1, -0.05) is 11.6 Å². The second-order valence-corrected chi connectivity index (χ2v) is 4.47. The fraction of sp³-hybridized carbons (Fsp3) is 0.250. The number of hydrogen-bond acceptors (Lipinski definition) is 3. The second kappa shape index (κ2) is 4.67. The van der Waals surface area contributed by atoms with Gasteiger partial charge in [0.05, 0.1) is 16.9 Å². The molecule has 3 N–H and O–H groups in total. The van der Waals surface area contributed by atoms with E-state index in [1.807, 2.05) is 38.5 Å². The molecule has 1 heterocycles. The predicted octanol–water partition coefficient (Wildman–Crippen LogP) is 2.58. The molecular formula is C12H15ClN4. The number of nitrogens with zero attached hydrogens (tertiary/aromatic N) is 2. The zero-order valence-electron chi connectivity index (χ0n) is 9.87. The largest absolute Gasteiger partial charge is 0.398 e. The fourth-order valence-corrected chi connectivity index (χ4v) is 1.82. The van der Waals surface area contributed by atoms with E-state index in [1.54, 1.807) is 4.68 Å². The monoisotopic (exact) mass is 250 g/mol. The molecular weight excluding hydrogens is 236 g/mol. The Morgan fingerprint density at radius 3 is 2.88 bits per heavy atom. The van der Waals surface area contributed by atoms with E-state index in [2.05, 4.69) is 10.4 Å². The first-order chi connectivity index (χ1) is 8.06. The molecule has 5 heteroatoms. The first-order valence-electron chi connectivity index (χ1n) is 5.33. The average molecular weight is 251 g/mol. The molecule has 0 spiro atoms. The zero-order chi connectivity index (χ0) is 12.4. The van der Waals surface area contributed by atoms with E-state index in [0.717, 1.165) is 23.4 Å². The molecule has 0 aliphatic rings. The number of anilines is 2. The van der Waals surface area contributed by atoms with E-state index < -0.39 is 0 Å². The van der Waals surface area contributed by atoms with Crippen LogP contribution in [0.2, 0.25) is 5.02 Å². The highest BCUT2D eigenvalue weighted by Gasteiger charge is 2.04. The smallest absolute Gasteiger partial charge is 0.0656 e. The van der Waals surface area contributed by atoms with E-state index in [9.17, 15) is 0 Å². The van der Waals surface area contributed by atoms with Gasteiger partial charge in [-0.15, -0.1) is 0 Å². The molecule has 90 valence electrons. The second-order valence-electron chi connectivity index (χ2n) is 4.06. The molecule has 0 bridgehead atoms. The van der Waals surface area contributed by atoms with Crippen molar-refractivity contribution in [1.29, 1.82) is 0 Å². The van der Waals surface area contributed by atoms with Crippen LogP contribution in [-0.2, 0) is 13.6 Å². The van der Waals surface area contributed by atoms with Crippen LogP contribution in [0.25, 0.3) is 0 Å². The maximum absolute atomic E-state index is 5.99. The van der Waals surface area contributed by atoms with Crippen molar-refractivity contribution in [2.45, 2.75) is 13.5 Å². The number of aromatic nitrogens is 2. The van der Waals surface area contributed by atoms with E-state index >= 15 is 0 Å². The minimum atomic E-state index is 0.573. The molecule has 0 unspecified atom stereocenters. The highest BCUT2D eigenvalue weighted by atomic mass is 35.5. The summed E-state index contributed by atoms with van der Waals surface area (Å²) in [6, 6.07) is 3.72. The molecule has 0 amide bonds. The van der Waals surface area contributed by atoms with Gasteiger partial charge in [-0.05, 0) is 24.6 Å². The highest BCUT2D eigenvalue weighted by Crippen LogP contribution is 2.26. The summed E-state index contributed by atoms with van der Waals surface area (Å²) >= 11 is 5.99. The SMILES string of the molecule is Cc1cc(N)c(Cl)cc1NCc1cnn(C)c1. The van der Waals surface area contributed by atoms with Crippen LogP contribution in [-0.4, -0.2) is 9.78 Å². The first-order valence-corrected chi connectivity index (χ1v) is 5.71. The van der Waals surface area contributed by atoms with Gasteiger partial charge in [0.1, 0.15) is 0 Å². The normalized spacial score (nSPS) is 10.5. The summed E-state index contributed by atoms with van der Waals surface area (Å²) in [5.74, 6) is 0. The van der Waals surface area contributed by atoms with Crippen LogP contribution >= 0.6 is 11.6 Å². The van der Waals surface area contributed by atoms with Crippen LogP contribution < -0.4 is 11.1 Å². The van der Waals surface area contributed by atoms with Crippen LogP contribution in [0.3, 0.4) is 0 Å². The minimum absolute atomic E-state index is 0.573. The number of nitrogen functional groups attached to an aromatic ring is 1. The molecule has 1 aromatic heterocycles. The zero-order valence-corrected chi connectivity index (χ0v) is 10.6. The highest BCUT2D eigenvalue weighted by molar-refractivity contribution is 6.33. The summed E-state index contributed by atoms with van der Waals surface area (Å²) in [5.41, 5.74) is 9.53. The van der Waals surface area contributed by atoms with Crippen molar-refractivity contribution in [2.75, 3.05) is 11.1 Å². The fourth-order valence-electron chi connectivity index (χ4n) is 1.65. The number of aryl methyl sites for hydroxylation is 2. The van der Waals surface area contributed by atoms with Crippen molar-refractivity contribution in [3.05, 3.63) is 40.7 Å². The van der Waals surface area contributed by atoms with Crippen molar-refractivity contribution in [3.8, 4) is 0 Å². The van der Waals surface area contributed by atoms with E-state index in [1.165, 1.54) is 0 Å². The number of benzene rings is 1. The summed E-state index contributed by atoms with van der Waals surface area (Å²) in [4.78, 5) is 0. The van der Waals surface area contributed by atoms with Gasteiger partial charge in [-0.2, -0.15) is 5.10 Å². The molecule has 0 radical (unpaired) electrons. The van der Waals surface area contributed by atoms with Crippen molar-refractivity contribution in [2.24, 2.45) is 7.05 Å². The van der Waals surface area contributed by atoms with E-state index in [0.29, 0.717) is 10.7 Å². The molecule has 0 aliphatic heterocycles. The van der Waals surface area contributed by atoms with Crippen LogP contribution in [0.15, 0.2) is 24.5 Å². The summed E-state index contributed by atoms with van der Waals surface area (Å²) in [5, 5.41) is 8.00. The molecule has 0 aliphatic carbocycles. The van der Waals surface area contributed by atoms with Gasteiger partial charge in [-0.25, -0.2) is 0 Å². The third-order valence-electron chi connectivity index (χ3n) is 2.58. The molecule has 0 saturated carbocycles. The predicted molar refractivity (Wildman–Crippen MR) is 71.1 cm³/mol. The lowest BCUT2D eigenvalue weighted by molar-refractivity contribution is 0.767. The van der Waals surface area contributed by atoms with Crippen LogP contribution in [0.4, 0.5) is 11.4 Å².